The highest BCUT2D eigenvalue weighted by Crippen LogP contribution is 2.34. The highest BCUT2D eigenvalue weighted by atomic mass is 16.3. The van der Waals surface area contributed by atoms with Gasteiger partial charge in [0.2, 0.25) is 0 Å². The molecule has 1 N–H and O–H groups in total. The molecule has 0 aliphatic carbocycles. The Morgan fingerprint density at radius 2 is 1.72 bits per heavy atom. The molecule has 0 spiro atoms. The van der Waals surface area contributed by atoms with Gasteiger partial charge in [0, 0.05) is 11.4 Å². The van der Waals surface area contributed by atoms with Crippen molar-refractivity contribution in [3.05, 3.63) is 71.1 Å². The molecule has 1 aromatic carbocycles. The zero-order chi connectivity index (χ0) is 17.6. The third kappa shape index (κ3) is 2.60. The average molecular weight is 331 g/mol. The molecule has 0 unspecified atom stereocenters. The summed E-state index contributed by atoms with van der Waals surface area (Å²) < 4.78 is 7.79. The van der Waals surface area contributed by atoms with E-state index in [2.05, 4.69) is 67.7 Å². The Hall–Kier alpha value is -3.01. The minimum Gasteiger partial charge on any atom is -0.463 e. The topological polar surface area (TPSA) is 42.5 Å². The van der Waals surface area contributed by atoms with E-state index in [-0.39, 0.29) is 0 Å². The first-order valence-corrected chi connectivity index (χ1v) is 8.41. The summed E-state index contributed by atoms with van der Waals surface area (Å²) in [6.07, 6.45) is 1.68. The van der Waals surface area contributed by atoms with E-state index in [0.717, 1.165) is 34.3 Å². The van der Waals surface area contributed by atoms with Crippen LogP contribution in [0.3, 0.4) is 0 Å². The first kappa shape index (κ1) is 15.5. The number of nitrogens with one attached hydrogen (secondary N) is 1. The molecule has 0 fully saturated rings. The fourth-order valence-electron chi connectivity index (χ4n) is 3.36. The summed E-state index contributed by atoms with van der Waals surface area (Å²) >= 11 is 0. The van der Waals surface area contributed by atoms with Gasteiger partial charge in [0.25, 0.3) is 0 Å². The van der Waals surface area contributed by atoms with Crippen LogP contribution < -0.4 is 5.32 Å². The normalized spacial score (nSPS) is 11.2. The molecule has 0 atom stereocenters. The lowest BCUT2D eigenvalue weighted by atomic mass is 10.1. The molecule has 0 radical (unpaired) electrons. The van der Waals surface area contributed by atoms with Gasteiger partial charge in [-0.25, -0.2) is 4.98 Å². The molecular formula is C21H21N3O. The number of anilines is 2. The summed E-state index contributed by atoms with van der Waals surface area (Å²) in [4.78, 5) is 4.84. The second-order valence-electron chi connectivity index (χ2n) is 6.55. The minimum absolute atomic E-state index is 0.759. The summed E-state index contributed by atoms with van der Waals surface area (Å²) in [6.45, 7) is 8.42. The van der Waals surface area contributed by atoms with Gasteiger partial charge >= 0.3 is 0 Å². The van der Waals surface area contributed by atoms with Crippen molar-refractivity contribution in [2.75, 3.05) is 5.32 Å². The molecular weight excluding hydrogens is 310 g/mol. The number of aromatic nitrogens is 2. The number of furan rings is 1. The molecule has 4 nitrogen and oxygen atoms in total. The number of fused-ring (bicyclic) bond motifs is 1. The number of imidazole rings is 1. The number of nitrogens with zero attached hydrogens (tertiary/aromatic N) is 2. The number of hydrogen-bond donors (Lipinski definition) is 1. The van der Waals surface area contributed by atoms with E-state index in [1.165, 1.54) is 16.7 Å². The van der Waals surface area contributed by atoms with Crippen LogP contribution in [0.4, 0.5) is 11.5 Å². The molecule has 0 aliphatic heterocycles. The highest BCUT2D eigenvalue weighted by Gasteiger charge is 2.19. The average Bonchev–Trinajstić information content (AvgIpc) is 3.18. The molecule has 126 valence electrons. The molecule has 3 aromatic heterocycles. The fourth-order valence-corrected chi connectivity index (χ4v) is 3.36. The lowest BCUT2D eigenvalue weighted by molar-refractivity contribution is 0.581. The lowest BCUT2D eigenvalue weighted by Gasteiger charge is -2.14. The van der Waals surface area contributed by atoms with Crippen molar-refractivity contribution in [1.82, 2.24) is 9.38 Å². The summed E-state index contributed by atoms with van der Waals surface area (Å²) in [5.74, 6) is 1.69. The van der Waals surface area contributed by atoms with Crippen LogP contribution in [-0.4, -0.2) is 9.38 Å². The van der Waals surface area contributed by atoms with Crippen molar-refractivity contribution >= 4 is 17.2 Å². The quantitative estimate of drug-likeness (QED) is 0.533. The van der Waals surface area contributed by atoms with Crippen molar-refractivity contribution < 1.29 is 4.42 Å². The number of para-hydroxylation sites is 1. The van der Waals surface area contributed by atoms with E-state index < -0.39 is 0 Å². The predicted molar refractivity (Wildman–Crippen MR) is 102 cm³/mol. The van der Waals surface area contributed by atoms with Gasteiger partial charge in [-0.05, 0) is 68.7 Å². The minimum atomic E-state index is 0.759. The smallest absolute Gasteiger partial charge is 0.156 e. The number of benzene rings is 1. The van der Waals surface area contributed by atoms with Crippen LogP contribution in [0.15, 0.2) is 53.1 Å². The zero-order valence-electron chi connectivity index (χ0n) is 14.9. The monoisotopic (exact) mass is 331 g/mol. The van der Waals surface area contributed by atoms with Crippen LogP contribution in [0.1, 0.15) is 22.4 Å². The maximum atomic E-state index is 5.64. The van der Waals surface area contributed by atoms with Crippen molar-refractivity contribution in [2.24, 2.45) is 0 Å². The van der Waals surface area contributed by atoms with Crippen molar-refractivity contribution in [1.29, 1.82) is 0 Å². The van der Waals surface area contributed by atoms with E-state index in [1.54, 1.807) is 6.26 Å². The van der Waals surface area contributed by atoms with Crippen molar-refractivity contribution in [3.8, 4) is 11.5 Å². The Kier molecular flexibility index (Phi) is 3.61. The highest BCUT2D eigenvalue weighted by molar-refractivity contribution is 5.79. The molecule has 3 heterocycles. The number of rotatable bonds is 3. The van der Waals surface area contributed by atoms with Gasteiger partial charge in [-0.15, -0.1) is 0 Å². The van der Waals surface area contributed by atoms with Gasteiger partial charge in [-0.1, -0.05) is 18.2 Å². The summed E-state index contributed by atoms with van der Waals surface area (Å²) in [5.41, 5.74) is 7.57. The van der Waals surface area contributed by atoms with Crippen LogP contribution in [-0.2, 0) is 0 Å². The Balaban J connectivity index is 1.99. The lowest BCUT2D eigenvalue weighted by Crippen LogP contribution is -2.02. The maximum Gasteiger partial charge on any atom is 0.156 e. The van der Waals surface area contributed by atoms with E-state index in [4.69, 9.17) is 9.40 Å². The van der Waals surface area contributed by atoms with Crippen LogP contribution in [0.5, 0.6) is 0 Å². The van der Waals surface area contributed by atoms with E-state index in [0.29, 0.717) is 0 Å². The summed E-state index contributed by atoms with van der Waals surface area (Å²) in [7, 11) is 0. The van der Waals surface area contributed by atoms with Crippen LogP contribution in [0, 0.1) is 27.7 Å². The van der Waals surface area contributed by atoms with Crippen molar-refractivity contribution in [2.45, 2.75) is 27.7 Å². The molecule has 0 aliphatic rings. The number of pyridine rings is 1. The Bertz CT molecular complexity index is 1040. The molecule has 0 saturated heterocycles. The Morgan fingerprint density at radius 1 is 0.960 bits per heavy atom. The molecule has 4 heteroatoms. The third-order valence-corrected chi connectivity index (χ3v) is 4.53. The van der Waals surface area contributed by atoms with E-state index in [9.17, 15) is 0 Å². The van der Waals surface area contributed by atoms with Gasteiger partial charge in [-0.3, -0.25) is 4.40 Å². The first-order chi connectivity index (χ1) is 12.0. The van der Waals surface area contributed by atoms with Gasteiger partial charge in [-0.2, -0.15) is 0 Å². The molecule has 4 rings (SSSR count). The van der Waals surface area contributed by atoms with Gasteiger partial charge in [0.05, 0.1) is 6.26 Å². The Morgan fingerprint density at radius 3 is 2.40 bits per heavy atom. The zero-order valence-corrected chi connectivity index (χ0v) is 14.9. The van der Waals surface area contributed by atoms with Crippen LogP contribution in [0.2, 0.25) is 0 Å². The van der Waals surface area contributed by atoms with Gasteiger partial charge in [0.1, 0.15) is 17.2 Å². The second kappa shape index (κ2) is 5.81. The summed E-state index contributed by atoms with van der Waals surface area (Å²) in [6, 6.07) is 14.4. The van der Waals surface area contributed by atoms with Gasteiger partial charge in [0.15, 0.2) is 5.76 Å². The molecule has 0 bridgehead atoms. The SMILES string of the molecule is Cc1cc(C)n2c(Nc3c(C)cccc3C)c(-c3ccco3)nc2c1. The van der Waals surface area contributed by atoms with Crippen LogP contribution >= 0.6 is 0 Å². The van der Waals surface area contributed by atoms with Crippen LogP contribution in [0.25, 0.3) is 17.1 Å². The predicted octanol–water partition coefficient (Wildman–Crippen LogP) is 5.57. The number of hydrogen-bond acceptors (Lipinski definition) is 3. The van der Waals surface area contributed by atoms with E-state index in [1.807, 2.05) is 12.1 Å². The molecule has 4 aromatic rings. The largest absolute Gasteiger partial charge is 0.463 e. The standard InChI is InChI=1S/C21H21N3O/c1-13-11-16(4)24-18(12-13)22-20(17-9-6-10-25-17)21(24)23-19-14(2)7-5-8-15(19)3/h5-12,23H,1-4H3. The first-order valence-electron chi connectivity index (χ1n) is 8.41. The fraction of sp³-hybridized carbons (Fsp3) is 0.190. The van der Waals surface area contributed by atoms with Crippen molar-refractivity contribution in [3.63, 3.8) is 0 Å². The molecule has 0 amide bonds. The molecule has 0 saturated carbocycles. The van der Waals surface area contributed by atoms with Gasteiger partial charge < -0.3 is 9.73 Å². The maximum absolute atomic E-state index is 5.64. The Labute approximate surface area is 147 Å². The third-order valence-electron chi connectivity index (χ3n) is 4.53. The molecule has 25 heavy (non-hydrogen) atoms. The van der Waals surface area contributed by atoms with E-state index >= 15 is 0 Å². The summed E-state index contributed by atoms with van der Waals surface area (Å²) in [5, 5.41) is 3.62. The number of aryl methyl sites for hydroxylation is 4. The second-order valence-corrected chi connectivity index (χ2v) is 6.55.